The van der Waals surface area contributed by atoms with E-state index in [0.717, 1.165) is 12.1 Å². The van der Waals surface area contributed by atoms with Gasteiger partial charge in [-0.15, -0.1) is 11.6 Å². The molecule has 0 bridgehead atoms. The van der Waals surface area contributed by atoms with Crippen LogP contribution in [-0.4, -0.2) is 27.2 Å². The van der Waals surface area contributed by atoms with Crippen molar-refractivity contribution >= 4 is 23.6 Å². The van der Waals surface area contributed by atoms with Crippen LogP contribution in [0.5, 0.6) is 11.5 Å². The second-order valence-corrected chi connectivity index (χ2v) is 3.49. The number of aromatic carboxylic acids is 1. The maximum atomic E-state index is 10.6. The van der Waals surface area contributed by atoms with E-state index >= 15 is 0 Å². The number of alkyl halides is 1. The van der Waals surface area contributed by atoms with Crippen LogP contribution >= 0.6 is 11.6 Å². The van der Waals surface area contributed by atoms with Crippen molar-refractivity contribution in [2.75, 3.05) is 5.88 Å². The van der Waals surface area contributed by atoms with E-state index < -0.39 is 5.97 Å². The molecule has 16 heavy (non-hydrogen) atoms. The lowest BCUT2D eigenvalue weighted by Crippen LogP contribution is -1.96. The maximum absolute atomic E-state index is 10.6. The number of hydrogen-bond acceptors (Lipinski definition) is 3. The summed E-state index contributed by atoms with van der Waals surface area (Å²) < 4.78 is 0. The zero-order valence-corrected chi connectivity index (χ0v) is 9.11. The van der Waals surface area contributed by atoms with Crippen molar-refractivity contribution in [2.45, 2.75) is 6.42 Å². The summed E-state index contributed by atoms with van der Waals surface area (Å²) in [6.45, 7) is 0. The van der Waals surface area contributed by atoms with Crippen molar-refractivity contribution in [2.24, 2.45) is 0 Å². The Labute approximate surface area is 97.4 Å². The van der Waals surface area contributed by atoms with Crippen LogP contribution in [0, 0.1) is 0 Å². The minimum Gasteiger partial charge on any atom is -0.507 e. The van der Waals surface area contributed by atoms with Gasteiger partial charge in [0.1, 0.15) is 11.5 Å². The summed E-state index contributed by atoms with van der Waals surface area (Å²) in [5.74, 6) is -1.32. The van der Waals surface area contributed by atoms with E-state index in [1.165, 1.54) is 6.08 Å². The second kappa shape index (κ2) is 5.42. The van der Waals surface area contributed by atoms with Gasteiger partial charge < -0.3 is 15.3 Å². The highest BCUT2D eigenvalue weighted by atomic mass is 35.5. The number of phenolic OH excluding ortho intramolecular Hbond substituents is 2. The van der Waals surface area contributed by atoms with Gasteiger partial charge in [-0.25, -0.2) is 4.79 Å². The van der Waals surface area contributed by atoms with Crippen LogP contribution in [-0.2, 0) is 0 Å². The fraction of sp³-hybridized carbons (Fsp3) is 0.182. The van der Waals surface area contributed by atoms with Gasteiger partial charge >= 0.3 is 5.97 Å². The normalized spacial score (nSPS) is 10.8. The Bertz CT molecular complexity index is 403. The van der Waals surface area contributed by atoms with Crippen LogP contribution in [0.2, 0.25) is 0 Å². The van der Waals surface area contributed by atoms with Gasteiger partial charge in [-0.1, -0.05) is 12.2 Å². The third kappa shape index (κ3) is 2.90. The topological polar surface area (TPSA) is 77.8 Å². The van der Waals surface area contributed by atoms with Crippen molar-refractivity contribution in [3.63, 3.8) is 0 Å². The highest BCUT2D eigenvalue weighted by molar-refractivity contribution is 6.17. The minimum absolute atomic E-state index is 0.163. The summed E-state index contributed by atoms with van der Waals surface area (Å²) in [6.07, 6.45) is 3.78. The molecule has 0 saturated carbocycles. The van der Waals surface area contributed by atoms with Gasteiger partial charge in [0.15, 0.2) is 0 Å². The zero-order chi connectivity index (χ0) is 12.1. The molecule has 0 saturated heterocycles. The standard InChI is InChI=1S/C11H11ClO4/c12-4-2-1-3-8-9(13)5-7(11(15)16)6-10(8)14/h1,3,5-6,13-14H,2,4H2,(H,15,16). The Morgan fingerprint density at radius 1 is 1.31 bits per heavy atom. The Balaban J connectivity index is 3.07. The average Bonchev–Trinajstić information content (AvgIpc) is 2.21. The number of carbonyl (C=O) groups is 1. The van der Waals surface area contributed by atoms with Crippen molar-refractivity contribution in [1.29, 1.82) is 0 Å². The van der Waals surface area contributed by atoms with Crippen molar-refractivity contribution < 1.29 is 20.1 Å². The summed E-state index contributed by atoms with van der Waals surface area (Å²) in [7, 11) is 0. The van der Waals surface area contributed by atoms with E-state index in [9.17, 15) is 15.0 Å². The first-order valence-corrected chi connectivity index (χ1v) is 5.11. The molecule has 0 fully saturated rings. The Hall–Kier alpha value is -1.68. The number of aromatic hydroxyl groups is 2. The summed E-state index contributed by atoms with van der Waals surface area (Å²) in [6, 6.07) is 2.17. The SMILES string of the molecule is O=C(O)c1cc(O)c(C=CCCCl)c(O)c1. The van der Waals surface area contributed by atoms with Gasteiger partial charge in [0.25, 0.3) is 0 Å². The van der Waals surface area contributed by atoms with Crippen LogP contribution < -0.4 is 0 Å². The van der Waals surface area contributed by atoms with Crippen LogP contribution in [0.3, 0.4) is 0 Å². The lowest BCUT2D eigenvalue weighted by atomic mass is 10.1. The first kappa shape index (κ1) is 12.4. The molecule has 0 aromatic heterocycles. The van der Waals surface area contributed by atoms with Gasteiger partial charge in [0, 0.05) is 5.88 Å². The van der Waals surface area contributed by atoms with Crippen molar-refractivity contribution in [1.82, 2.24) is 0 Å². The van der Waals surface area contributed by atoms with E-state index in [0.29, 0.717) is 12.3 Å². The highest BCUT2D eigenvalue weighted by Gasteiger charge is 2.11. The molecule has 86 valence electrons. The van der Waals surface area contributed by atoms with Gasteiger partial charge in [-0.05, 0) is 18.6 Å². The van der Waals surface area contributed by atoms with Crippen LogP contribution in [0.25, 0.3) is 6.08 Å². The fourth-order valence-electron chi connectivity index (χ4n) is 1.18. The number of rotatable bonds is 4. The molecule has 0 unspecified atom stereocenters. The summed E-state index contributed by atoms with van der Waals surface area (Å²) in [5.41, 5.74) is 0.0274. The van der Waals surface area contributed by atoms with Crippen molar-refractivity contribution in [3.8, 4) is 11.5 Å². The smallest absolute Gasteiger partial charge is 0.335 e. The first-order chi connectivity index (χ1) is 7.56. The number of halogens is 1. The van der Waals surface area contributed by atoms with E-state index in [1.54, 1.807) is 6.08 Å². The lowest BCUT2D eigenvalue weighted by molar-refractivity contribution is 0.0696. The number of carboxylic acids is 1. The Morgan fingerprint density at radius 2 is 1.88 bits per heavy atom. The molecule has 0 spiro atoms. The molecule has 0 aliphatic rings. The van der Waals surface area contributed by atoms with Gasteiger partial charge in [-0.2, -0.15) is 0 Å². The molecule has 0 aliphatic heterocycles. The molecule has 0 atom stereocenters. The largest absolute Gasteiger partial charge is 0.507 e. The molecule has 1 aromatic carbocycles. The molecular formula is C11H11ClO4. The molecule has 1 rings (SSSR count). The predicted molar refractivity (Wildman–Crippen MR) is 61.1 cm³/mol. The molecule has 1 aromatic rings. The molecule has 4 nitrogen and oxygen atoms in total. The quantitative estimate of drug-likeness (QED) is 0.709. The van der Waals surface area contributed by atoms with Gasteiger partial charge in [0.2, 0.25) is 0 Å². The maximum Gasteiger partial charge on any atom is 0.335 e. The van der Waals surface area contributed by atoms with E-state index in [2.05, 4.69) is 0 Å². The molecule has 0 amide bonds. The van der Waals surface area contributed by atoms with Crippen LogP contribution in [0.15, 0.2) is 18.2 Å². The van der Waals surface area contributed by atoms with E-state index in [-0.39, 0.29) is 22.6 Å². The van der Waals surface area contributed by atoms with Gasteiger partial charge in [0.05, 0.1) is 11.1 Å². The number of allylic oxidation sites excluding steroid dienone is 1. The Kier molecular flexibility index (Phi) is 4.19. The summed E-state index contributed by atoms with van der Waals surface area (Å²) >= 11 is 5.46. The first-order valence-electron chi connectivity index (χ1n) is 4.58. The molecule has 3 N–H and O–H groups in total. The Morgan fingerprint density at radius 3 is 2.31 bits per heavy atom. The molecule has 5 heteroatoms. The van der Waals surface area contributed by atoms with Crippen LogP contribution in [0.4, 0.5) is 0 Å². The third-order valence-electron chi connectivity index (χ3n) is 1.94. The zero-order valence-electron chi connectivity index (χ0n) is 8.35. The number of hydrogen-bond donors (Lipinski definition) is 3. The van der Waals surface area contributed by atoms with Crippen LogP contribution in [0.1, 0.15) is 22.3 Å². The predicted octanol–water partition coefficient (Wildman–Crippen LogP) is 2.44. The summed E-state index contributed by atoms with van der Waals surface area (Å²) in [4.78, 5) is 10.6. The van der Waals surface area contributed by atoms with E-state index in [4.69, 9.17) is 16.7 Å². The number of carboxylic acid groups (broad SMARTS) is 1. The minimum atomic E-state index is -1.21. The average molecular weight is 243 g/mol. The molecular weight excluding hydrogens is 232 g/mol. The molecule has 0 heterocycles. The third-order valence-corrected chi connectivity index (χ3v) is 2.16. The second-order valence-electron chi connectivity index (χ2n) is 3.11. The van der Waals surface area contributed by atoms with Gasteiger partial charge in [-0.3, -0.25) is 0 Å². The highest BCUT2D eigenvalue weighted by Crippen LogP contribution is 2.30. The fourth-order valence-corrected chi connectivity index (χ4v) is 1.31. The monoisotopic (exact) mass is 242 g/mol. The lowest BCUT2D eigenvalue weighted by Gasteiger charge is -2.04. The number of benzene rings is 1. The van der Waals surface area contributed by atoms with E-state index in [1.807, 2.05) is 0 Å². The molecule has 0 aliphatic carbocycles. The van der Waals surface area contributed by atoms with Crippen molar-refractivity contribution in [3.05, 3.63) is 29.3 Å². The number of phenols is 2. The summed E-state index contributed by atoms with van der Waals surface area (Å²) in [5, 5.41) is 27.7. The molecule has 0 radical (unpaired) electrons.